The van der Waals surface area contributed by atoms with Crippen molar-refractivity contribution in [1.29, 1.82) is 0 Å². The van der Waals surface area contributed by atoms with Gasteiger partial charge in [0, 0.05) is 25.2 Å². The van der Waals surface area contributed by atoms with E-state index in [1.807, 2.05) is 0 Å². The molecular formula is C14H10Cl5NO3. The van der Waals surface area contributed by atoms with Crippen LogP contribution in [0.15, 0.2) is 34.3 Å². The monoisotopic (exact) mass is 415 g/mol. The summed E-state index contributed by atoms with van der Waals surface area (Å²) in [4.78, 5) is 7.80. The summed E-state index contributed by atoms with van der Waals surface area (Å²) in [6.07, 6.45) is 0.242. The highest BCUT2D eigenvalue weighted by atomic mass is 35.5. The van der Waals surface area contributed by atoms with Crippen molar-refractivity contribution >= 4 is 63.7 Å². The molecule has 1 aromatic carbocycles. The highest BCUT2D eigenvalue weighted by Gasteiger charge is 2.79. The van der Waals surface area contributed by atoms with Crippen molar-refractivity contribution in [3.8, 4) is 0 Å². The fourth-order valence-electron chi connectivity index (χ4n) is 3.44. The summed E-state index contributed by atoms with van der Waals surface area (Å²) in [6.45, 7) is 0. The number of nitro benzene ring substituents is 1. The van der Waals surface area contributed by atoms with E-state index in [-0.39, 0.29) is 22.2 Å². The minimum atomic E-state index is -1.56. The van der Waals surface area contributed by atoms with Gasteiger partial charge in [-0.25, -0.2) is 0 Å². The van der Waals surface area contributed by atoms with Crippen LogP contribution < -0.4 is 0 Å². The van der Waals surface area contributed by atoms with Crippen molar-refractivity contribution < 1.29 is 9.66 Å². The molecule has 23 heavy (non-hydrogen) atoms. The Morgan fingerprint density at radius 3 is 2.43 bits per heavy atom. The lowest BCUT2D eigenvalue weighted by Crippen LogP contribution is -2.50. The lowest BCUT2D eigenvalue weighted by atomic mass is 9.85. The van der Waals surface area contributed by atoms with Crippen LogP contribution in [0.4, 0.5) is 5.69 Å². The number of hydrogen-bond acceptors (Lipinski definition) is 3. The topological polar surface area (TPSA) is 52.4 Å². The number of nitro groups is 1. The number of halogens is 5. The number of non-ortho nitro benzene ring substituents is 1. The molecule has 1 aromatic rings. The average Bonchev–Trinajstić information content (AvgIpc) is 2.79. The van der Waals surface area contributed by atoms with Crippen LogP contribution >= 0.6 is 58.0 Å². The van der Waals surface area contributed by atoms with Gasteiger partial charge in [0.05, 0.1) is 15.0 Å². The lowest BCUT2D eigenvalue weighted by molar-refractivity contribution is -0.384. The van der Waals surface area contributed by atoms with Crippen LogP contribution in [-0.2, 0) is 4.74 Å². The molecule has 2 bridgehead atoms. The molecule has 1 saturated carbocycles. The van der Waals surface area contributed by atoms with Gasteiger partial charge in [-0.2, -0.15) is 0 Å². The highest BCUT2D eigenvalue weighted by molar-refractivity contribution is 6.56. The Morgan fingerprint density at radius 2 is 1.91 bits per heavy atom. The molecule has 0 radical (unpaired) electrons. The maximum atomic E-state index is 11.0. The van der Waals surface area contributed by atoms with Crippen molar-refractivity contribution in [2.45, 2.75) is 27.1 Å². The second-order valence-corrected chi connectivity index (χ2v) is 8.08. The Labute approximate surface area is 157 Å². The van der Waals surface area contributed by atoms with Gasteiger partial charge in [-0.1, -0.05) is 46.9 Å². The summed E-state index contributed by atoms with van der Waals surface area (Å²) in [5, 5.41) is 9.70. The number of fused-ring (bicyclic) bond motifs is 2. The predicted molar refractivity (Wildman–Crippen MR) is 91.9 cm³/mol. The van der Waals surface area contributed by atoms with Crippen LogP contribution in [-0.4, -0.2) is 26.8 Å². The maximum absolute atomic E-state index is 11.0. The first-order chi connectivity index (χ1) is 10.6. The normalized spacial score (nSPS) is 39.1. The molecule has 0 aromatic heterocycles. The standard InChI is InChI=1S/C14H10Cl5NO3/c1-23-14(19)12(17)6-9(13(14,18)11(16)10(12)15)7-3-2-4-8(5-7)20(21)22/h2-5,9H,6H2,1H3/t9-,12-,13+,14+/m1/s1. The zero-order chi connectivity index (χ0) is 17.2. The number of ether oxygens (including phenoxy) is 1. The summed E-state index contributed by atoms with van der Waals surface area (Å²) in [7, 11) is 1.37. The molecule has 2 aliphatic carbocycles. The molecule has 3 rings (SSSR count). The number of rotatable bonds is 3. The number of nitrogens with zero attached hydrogens (tertiary/aromatic N) is 1. The molecule has 4 nitrogen and oxygen atoms in total. The summed E-state index contributed by atoms with van der Waals surface area (Å²) >= 11 is 32.6. The van der Waals surface area contributed by atoms with E-state index in [1.165, 1.54) is 19.2 Å². The van der Waals surface area contributed by atoms with Crippen LogP contribution in [0.5, 0.6) is 0 Å². The fourth-order valence-corrected chi connectivity index (χ4v) is 5.87. The largest absolute Gasteiger partial charge is 0.358 e. The van der Waals surface area contributed by atoms with Gasteiger partial charge in [-0.05, 0) is 12.0 Å². The number of hydrogen-bond donors (Lipinski definition) is 0. The smallest absolute Gasteiger partial charge is 0.269 e. The minimum absolute atomic E-state index is 0.0575. The molecule has 0 amide bonds. The Kier molecular flexibility index (Phi) is 4.12. The van der Waals surface area contributed by atoms with E-state index in [2.05, 4.69) is 0 Å². The zero-order valence-electron chi connectivity index (χ0n) is 11.7. The molecule has 0 saturated heterocycles. The SMILES string of the molecule is CO[C@@]1(Cl)[C@@]2(Cl)C[C@H](c3cccc([N+](=O)[O-])c3)[C@]1(Cl)C(Cl)=C2Cl. The molecule has 0 spiro atoms. The Bertz CT molecular complexity index is 741. The van der Waals surface area contributed by atoms with E-state index in [4.69, 9.17) is 62.7 Å². The van der Waals surface area contributed by atoms with Gasteiger partial charge in [0.25, 0.3) is 5.69 Å². The Morgan fingerprint density at radius 1 is 1.26 bits per heavy atom. The second kappa shape index (κ2) is 5.38. The van der Waals surface area contributed by atoms with Gasteiger partial charge < -0.3 is 4.74 Å². The van der Waals surface area contributed by atoms with Crippen LogP contribution in [0.25, 0.3) is 0 Å². The van der Waals surface area contributed by atoms with Gasteiger partial charge in [-0.15, -0.1) is 23.2 Å². The van der Waals surface area contributed by atoms with E-state index in [0.29, 0.717) is 5.56 Å². The third kappa shape index (κ3) is 1.97. The maximum Gasteiger partial charge on any atom is 0.269 e. The van der Waals surface area contributed by atoms with Crippen molar-refractivity contribution in [2.75, 3.05) is 7.11 Å². The van der Waals surface area contributed by atoms with Gasteiger partial charge in [-0.3, -0.25) is 10.1 Å². The summed E-state index contributed by atoms with van der Waals surface area (Å²) in [5.74, 6) is -0.492. The van der Waals surface area contributed by atoms with Crippen LogP contribution in [0, 0.1) is 10.1 Å². The Balaban J connectivity index is 2.18. The molecule has 9 heteroatoms. The molecule has 0 heterocycles. The van der Waals surface area contributed by atoms with Gasteiger partial charge in [0.2, 0.25) is 0 Å². The molecule has 0 N–H and O–H groups in total. The van der Waals surface area contributed by atoms with Crippen molar-refractivity contribution in [3.63, 3.8) is 0 Å². The minimum Gasteiger partial charge on any atom is -0.358 e. The summed E-state index contributed by atoms with van der Waals surface area (Å²) < 4.78 is 5.42. The van der Waals surface area contributed by atoms with E-state index >= 15 is 0 Å². The lowest BCUT2D eigenvalue weighted by Gasteiger charge is -2.37. The van der Waals surface area contributed by atoms with Gasteiger partial charge >= 0.3 is 0 Å². The molecule has 2 aliphatic rings. The first-order valence-corrected chi connectivity index (χ1v) is 8.45. The molecule has 1 fully saturated rings. The van der Waals surface area contributed by atoms with Crippen LogP contribution in [0.2, 0.25) is 0 Å². The average molecular weight is 418 g/mol. The molecule has 0 unspecified atom stereocenters. The third-order valence-electron chi connectivity index (χ3n) is 4.57. The number of methoxy groups -OCH3 is 1. The van der Waals surface area contributed by atoms with Crippen LogP contribution in [0.1, 0.15) is 17.9 Å². The number of benzene rings is 1. The third-order valence-corrected chi connectivity index (χ3v) is 8.15. The van der Waals surface area contributed by atoms with Crippen LogP contribution in [0.3, 0.4) is 0 Å². The molecular weight excluding hydrogens is 407 g/mol. The fraction of sp³-hybridized carbons (Fsp3) is 0.429. The van der Waals surface area contributed by atoms with Crippen molar-refractivity contribution in [1.82, 2.24) is 0 Å². The second-order valence-electron chi connectivity index (χ2n) is 5.55. The van der Waals surface area contributed by atoms with Crippen molar-refractivity contribution in [3.05, 3.63) is 50.0 Å². The molecule has 0 aliphatic heterocycles. The quantitative estimate of drug-likeness (QED) is 0.380. The zero-order valence-corrected chi connectivity index (χ0v) is 15.4. The van der Waals surface area contributed by atoms with E-state index in [1.54, 1.807) is 12.1 Å². The summed E-state index contributed by atoms with van der Waals surface area (Å²) in [6, 6.07) is 6.11. The first kappa shape index (κ1) is 17.6. The molecule has 124 valence electrons. The molecule has 4 atom stereocenters. The van der Waals surface area contributed by atoms with E-state index < -0.39 is 25.6 Å². The van der Waals surface area contributed by atoms with E-state index in [0.717, 1.165) is 0 Å². The van der Waals surface area contributed by atoms with E-state index in [9.17, 15) is 10.1 Å². The first-order valence-electron chi connectivity index (χ1n) is 6.56. The Hall–Kier alpha value is -0.230. The predicted octanol–water partition coefficient (Wildman–Crippen LogP) is 5.32. The highest BCUT2D eigenvalue weighted by Crippen LogP contribution is 2.75. The van der Waals surface area contributed by atoms with Gasteiger partial charge in [0.15, 0.2) is 5.06 Å². The van der Waals surface area contributed by atoms with Crippen molar-refractivity contribution in [2.24, 2.45) is 0 Å². The summed E-state index contributed by atoms with van der Waals surface area (Å²) in [5.41, 5.74) is 0.541. The number of alkyl halides is 3. The van der Waals surface area contributed by atoms with Gasteiger partial charge in [0.1, 0.15) is 9.75 Å².